The maximum Gasteiger partial charge on any atom is 0.274 e. The molecule has 0 fully saturated rings. The molecule has 0 unspecified atom stereocenters. The molecule has 0 bridgehead atoms. The number of nitrogens with one attached hydrogen (secondary N) is 2. The quantitative estimate of drug-likeness (QED) is 0.415. The maximum absolute atomic E-state index is 11.7. The third-order valence-electron chi connectivity index (χ3n) is 4.74. The standard InChI is InChI=1S/C22H25N3O3/c1-2-5-21(26)23-13-12-18-15-25(20-7-4-3-6-19(18)20)14-16-8-10-17(11-9-16)22(27)24-28/h3-4,6-11,15,28H,2,5,12-14H2,1H3,(H,23,26)(H,24,27). The number of hydrogen-bond acceptors (Lipinski definition) is 3. The summed E-state index contributed by atoms with van der Waals surface area (Å²) in [6, 6.07) is 15.4. The van der Waals surface area contributed by atoms with Crippen molar-refractivity contribution in [3.8, 4) is 0 Å². The molecule has 2 amide bonds. The van der Waals surface area contributed by atoms with E-state index < -0.39 is 5.91 Å². The SMILES string of the molecule is CCCC(=O)NCCc1cn(Cc2ccc(C(=O)NO)cc2)c2ccccc12. The van der Waals surface area contributed by atoms with E-state index >= 15 is 0 Å². The van der Waals surface area contributed by atoms with Crippen LogP contribution in [0.3, 0.4) is 0 Å². The summed E-state index contributed by atoms with van der Waals surface area (Å²) >= 11 is 0. The van der Waals surface area contributed by atoms with Crippen LogP contribution in [0.2, 0.25) is 0 Å². The van der Waals surface area contributed by atoms with Crippen molar-refractivity contribution in [2.24, 2.45) is 0 Å². The van der Waals surface area contributed by atoms with Crippen LogP contribution in [0.4, 0.5) is 0 Å². The number of amides is 2. The zero-order chi connectivity index (χ0) is 19.9. The summed E-state index contributed by atoms with van der Waals surface area (Å²) in [5.41, 5.74) is 5.43. The summed E-state index contributed by atoms with van der Waals surface area (Å²) < 4.78 is 2.18. The lowest BCUT2D eigenvalue weighted by Gasteiger charge is -2.06. The molecule has 1 heterocycles. The average molecular weight is 379 g/mol. The van der Waals surface area contributed by atoms with Gasteiger partial charge in [0, 0.05) is 42.2 Å². The molecule has 1 aromatic heterocycles. The van der Waals surface area contributed by atoms with Gasteiger partial charge in [-0.05, 0) is 42.2 Å². The summed E-state index contributed by atoms with van der Waals surface area (Å²) in [6.45, 7) is 3.29. The van der Waals surface area contributed by atoms with Gasteiger partial charge in [-0.15, -0.1) is 0 Å². The second kappa shape index (κ2) is 9.19. The summed E-state index contributed by atoms with van der Waals surface area (Å²) in [5.74, 6) is -0.427. The number of carbonyl (C=O) groups is 2. The Kier molecular flexibility index (Phi) is 6.45. The van der Waals surface area contributed by atoms with E-state index in [9.17, 15) is 9.59 Å². The first-order chi connectivity index (χ1) is 13.6. The van der Waals surface area contributed by atoms with Crippen LogP contribution in [-0.4, -0.2) is 28.1 Å². The lowest BCUT2D eigenvalue weighted by molar-refractivity contribution is -0.121. The van der Waals surface area contributed by atoms with E-state index in [0.29, 0.717) is 25.1 Å². The number of carbonyl (C=O) groups excluding carboxylic acids is 2. The Morgan fingerprint density at radius 2 is 1.82 bits per heavy atom. The number of hydrogen-bond donors (Lipinski definition) is 3. The summed E-state index contributed by atoms with van der Waals surface area (Å²) in [6.07, 6.45) is 4.32. The number of para-hydroxylation sites is 1. The molecule has 0 aliphatic heterocycles. The zero-order valence-corrected chi connectivity index (χ0v) is 15.9. The average Bonchev–Trinajstić information content (AvgIpc) is 3.06. The molecule has 3 aromatic rings. The van der Waals surface area contributed by atoms with Crippen molar-refractivity contribution < 1.29 is 14.8 Å². The highest BCUT2D eigenvalue weighted by Crippen LogP contribution is 2.23. The molecular formula is C22H25N3O3. The first-order valence-electron chi connectivity index (χ1n) is 9.49. The third-order valence-corrected chi connectivity index (χ3v) is 4.74. The van der Waals surface area contributed by atoms with Gasteiger partial charge in [0.25, 0.3) is 5.91 Å². The molecule has 28 heavy (non-hydrogen) atoms. The van der Waals surface area contributed by atoms with Gasteiger partial charge in [0.15, 0.2) is 0 Å². The molecule has 2 aromatic carbocycles. The Morgan fingerprint density at radius 3 is 2.54 bits per heavy atom. The van der Waals surface area contributed by atoms with E-state index in [2.05, 4.69) is 28.2 Å². The fourth-order valence-corrected chi connectivity index (χ4v) is 3.33. The van der Waals surface area contributed by atoms with Crippen LogP contribution in [-0.2, 0) is 17.8 Å². The third kappa shape index (κ3) is 4.58. The highest BCUT2D eigenvalue weighted by atomic mass is 16.5. The van der Waals surface area contributed by atoms with Crippen LogP contribution < -0.4 is 10.8 Å². The van der Waals surface area contributed by atoms with E-state index in [0.717, 1.165) is 23.9 Å². The predicted octanol–water partition coefficient (Wildman–Crippen LogP) is 3.27. The van der Waals surface area contributed by atoms with Gasteiger partial charge in [-0.2, -0.15) is 0 Å². The van der Waals surface area contributed by atoms with Gasteiger partial charge in [0.05, 0.1) is 0 Å². The van der Waals surface area contributed by atoms with Crippen molar-refractivity contribution in [1.82, 2.24) is 15.4 Å². The van der Waals surface area contributed by atoms with Crippen molar-refractivity contribution in [3.05, 3.63) is 71.4 Å². The summed E-state index contributed by atoms with van der Waals surface area (Å²) in [4.78, 5) is 23.1. The molecule has 146 valence electrons. The Labute approximate surface area is 164 Å². The molecule has 0 saturated heterocycles. The number of benzene rings is 2. The highest BCUT2D eigenvalue weighted by molar-refractivity contribution is 5.93. The number of rotatable bonds is 8. The van der Waals surface area contributed by atoms with Crippen molar-refractivity contribution >= 4 is 22.7 Å². The highest BCUT2D eigenvalue weighted by Gasteiger charge is 2.10. The Hall–Kier alpha value is -3.12. The molecule has 0 saturated carbocycles. The summed E-state index contributed by atoms with van der Waals surface area (Å²) in [7, 11) is 0. The first-order valence-corrected chi connectivity index (χ1v) is 9.49. The van der Waals surface area contributed by atoms with Gasteiger partial charge < -0.3 is 9.88 Å². The molecule has 3 N–H and O–H groups in total. The minimum Gasteiger partial charge on any atom is -0.356 e. The van der Waals surface area contributed by atoms with E-state index in [-0.39, 0.29) is 5.91 Å². The topological polar surface area (TPSA) is 83.4 Å². The second-order valence-corrected chi connectivity index (χ2v) is 6.79. The minimum atomic E-state index is -0.523. The normalized spacial score (nSPS) is 10.8. The zero-order valence-electron chi connectivity index (χ0n) is 15.9. The van der Waals surface area contributed by atoms with Crippen LogP contribution in [0, 0.1) is 0 Å². The van der Waals surface area contributed by atoms with E-state index in [1.54, 1.807) is 17.6 Å². The lowest BCUT2D eigenvalue weighted by Crippen LogP contribution is -2.25. The smallest absolute Gasteiger partial charge is 0.274 e. The van der Waals surface area contributed by atoms with Gasteiger partial charge in [-0.1, -0.05) is 37.3 Å². The van der Waals surface area contributed by atoms with Gasteiger partial charge in [0.1, 0.15) is 0 Å². The summed E-state index contributed by atoms with van der Waals surface area (Å²) in [5, 5.41) is 12.9. The molecule has 6 nitrogen and oxygen atoms in total. The molecule has 0 aliphatic carbocycles. The molecule has 0 spiro atoms. The molecule has 6 heteroatoms. The Balaban J connectivity index is 1.76. The predicted molar refractivity (Wildman–Crippen MR) is 108 cm³/mol. The van der Waals surface area contributed by atoms with Crippen molar-refractivity contribution in [3.63, 3.8) is 0 Å². The van der Waals surface area contributed by atoms with Crippen LogP contribution in [0.5, 0.6) is 0 Å². The molecular weight excluding hydrogens is 354 g/mol. The Bertz CT molecular complexity index is 961. The number of hydroxylamine groups is 1. The van der Waals surface area contributed by atoms with E-state index in [1.807, 2.05) is 31.2 Å². The van der Waals surface area contributed by atoms with Crippen molar-refractivity contribution in [2.75, 3.05) is 6.54 Å². The van der Waals surface area contributed by atoms with Gasteiger partial charge >= 0.3 is 0 Å². The maximum atomic E-state index is 11.7. The van der Waals surface area contributed by atoms with Gasteiger partial charge in [-0.3, -0.25) is 14.8 Å². The van der Waals surface area contributed by atoms with Crippen molar-refractivity contribution in [2.45, 2.75) is 32.7 Å². The molecule has 3 rings (SSSR count). The van der Waals surface area contributed by atoms with Crippen LogP contribution in [0.1, 0.15) is 41.3 Å². The first kappa shape index (κ1) is 19.6. The van der Waals surface area contributed by atoms with Crippen molar-refractivity contribution in [1.29, 1.82) is 0 Å². The van der Waals surface area contributed by atoms with Gasteiger partial charge in [0.2, 0.25) is 5.91 Å². The fourth-order valence-electron chi connectivity index (χ4n) is 3.33. The Morgan fingerprint density at radius 1 is 1.07 bits per heavy atom. The number of nitrogens with zero attached hydrogens (tertiary/aromatic N) is 1. The molecule has 0 atom stereocenters. The monoisotopic (exact) mass is 379 g/mol. The fraction of sp³-hybridized carbons (Fsp3) is 0.273. The molecule has 0 radical (unpaired) electrons. The van der Waals surface area contributed by atoms with Crippen LogP contribution >= 0.6 is 0 Å². The van der Waals surface area contributed by atoms with Crippen LogP contribution in [0.25, 0.3) is 10.9 Å². The van der Waals surface area contributed by atoms with Gasteiger partial charge in [-0.25, -0.2) is 5.48 Å². The van der Waals surface area contributed by atoms with Crippen LogP contribution in [0.15, 0.2) is 54.7 Å². The number of aromatic nitrogens is 1. The second-order valence-electron chi connectivity index (χ2n) is 6.79. The minimum absolute atomic E-state index is 0.0956. The number of fused-ring (bicyclic) bond motifs is 1. The molecule has 0 aliphatic rings. The largest absolute Gasteiger partial charge is 0.356 e. The van der Waals surface area contributed by atoms with E-state index in [4.69, 9.17) is 5.21 Å². The van der Waals surface area contributed by atoms with E-state index in [1.165, 1.54) is 10.9 Å². The lowest BCUT2D eigenvalue weighted by atomic mass is 10.1.